The van der Waals surface area contributed by atoms with Crippen molar-refractivity contribution in [1.29, 1.82) is 0 Å². The summed E-state index contributed by atoms with van der Waals surface area (Å²) in [5.74, 6) is 0.865. The minimum atomic E-state index is 0.110. The topological polar surface area (TPSA) is 63.6 Å². The quantitative estimate of drug-likeness (QED) is 0.578. The Morgan fingerprint density at radius 1 is 1.00 bits per heavy atom. The molecule has 0 aliphatic rings. The van der Waals surface area contributed by atoms with Crippen molar-refractivity contribution in [3.8, 4) is 5.88 Å². The van der Waals surface area contributed by atoms with Gasteiger partial charge in [-0.15, -0.1) is 0 Å². The number of imidazole rings is 1. The molecule has 3 heterocycles. The first kappa shape index (κ1) is 15.0. The summed E-state index contributed by atoms with van der Waals surface area (Å²) < 4.78 is 7.66. The van der Waals surface area contributed by atoms with Crippen LogP contribution in [0.25, 0.3) is 5.65 Å². The van der Waals surface area contributed by atoms with E-state index in [1.807, 2.05) is 42.5 Å². The molecule has 0 atom stereocenters. The molecule has 0 saturated heterocycles. The van der Waals surface area contributed by atoms with Crippen LogP contribution < -0.4 is 0 Å². The van der Waals surface area contributed by atoms with Gasteiger partial charge in [0.1, 0.15) is 16.1 Å². The Bertz CT molecular complexity index is 979. The smallest absolute Gasteiger partial charge is 0.219 e. The zero-order valence-corrected chi connectivity index (χ0v) is 14.3. The summed E-state index contributed by atoms with van der Waals surface area (Å²) in [6.45, 7) is 0. The van der Waals surface area contributed by atoms with Crippen molar-refractivity contribution in [3.05, 3.63) is 82.2 Å². The molecule has 5 nitrogen and oxygen atoms in total. The van der Waals surface area contributed by atoms with Gasteiger partial charge in [0.2, 0.25) is 5.88 Å². The van der Waals surface area contributed by atoms with Crippen LogP contribution in [0.2, 0.25) is 0 Å². The second kappa shape index (κ2) is 6.13. The number of nitrogens with zero attached hydrogens (tertiary/aromatic N) is 3. The van der Waals surface area contributed by atoms with Crippen LogP contribution in [-0.4, -0.2) is 19.5 Å². The lowest BCUT2D eigenvalue weighted by Crippen LogP contribution is -1.99. The van der Waals surface area contributed by atoms with Gasteiger partial charge in [-0.25, -0.2) is 9.97 Å². The maximum Gasteiger partial charge on any atom is 0.219 e. The van der Waals surface area contributed by atoms with E-state index in [0.717, 1.165) is 17.0 Å². The number of aromatic nitrogens is 3. The monoisotopic (exact) mass is 383 g/mol. The number of benzene rings is 1. The van der Waals surface area contributed by atoms with Crippen LogP contribution in [0, 0.1) is 0 Å². The van der Waals surface area contributed by atoms with E-state index in [4.69, 9.17) is 4.42 Å². The molecular weight excluding hydrogens is 370 g/mol. The van der Waals surface area contributed by atoms with Crippen LogP contribution in [0.5, 0.6) is 5.88 Å². The number of rotatable bonds is 4. The molecule has 0 amide bonds. The Morgan fingerprint density at radius 2 is 1.83 bits per heavy atom. The minimum absolute atomic E-state index is 0.110. The van der Waals surface area contributed by atoms with Crippen LogP contribution >= 0.6 is 15.9 Å². The molecule has 0 unspecified atom stereocenters. The number of aromatic hydroxyl groups is 1. The molecule has 0 radical (unpaired) electrons. The molecule has 24 heavy (non-hydrogen) atoms. The molecule has 3 aromatic heterocycles. The summed E-state index contributed by atoms with van der Waals surface area (Å²) in [5, 5.41) is 10.5. The molecule has 1 aromatic carbocycles. The van der Waals surface area contributed by atoms with Crippen LogP contribution in [-0.2, 0) is 12.8 Å². The van der Waals surface area contributed by atoms with Crippen molar-refractivity contribution in [3.63, 3.8) is 0 Å². The highest BCUT2D eigenvalue weighted by Crippen LogP contribution is 2.26. The maximum atomic E-state index is 10.5. The first-order chi connectivity index (χ1) is 11.7. The van der Waals surface area contributed by atoms with E-state index in [1.165, 1.54) is 0 Å². The van der Waals surface area contributed by atoms with Crippen molar-refractivity contribution in [2.75, 3.05) is 0 Å². The fourth-order valence-electron chi connectivity index (χ4n) is 2.72. The van der Waals surface area contributed by atoms with E-state index in [9.17, 15) is 5.11 Å². The molecule has 4 rings (SSSR count). The third-order valence-corrected chi connectivity index (χ3v) is 4.21. The predicted molar refractivity (Wildman–Crippen MR) is 93.1 cm³/mol. The highest BCUT2D eigenvalue weighted by atomic mass is 79.9. The number of furan rings is 1. The van der Waals surface area contributed by atoms with Crippen LogP contribution in [0.3, 0.4) is 0 Å². The zero-order chi connectivity index (χ0) is 16.5. The molecule has 4 aromatic rings. The molecule has 0 aliphatic heterocycles. The minimum Gasteiger partial charge on any atom is -0.493 e. The van der Waals surface area contributed by atoms with Crippen molar-refractivity contribution in [2.45, 2.75) is 12.8 Å². The van der Waals surface area contributed by atoms with Crippen molar-refractivity contribution in [1.82, 2.24) is 14.4 Å². The number of halogens is 1. The Balaban J connectivity index is 1.79. The highest BCUT2D eigenvalue weighted by molar-refractivity contribution is 9.10. The summed E-state index contributed by atoms with van der Waals surface area (Å²) in [7, 11) is 0. The third-order valence-electron chi connectivity index (χ3n) is 3.83. The fourth-order valence-corrected chi connectivity index (χ4v) is 3.13. The van der Waals surface area contributed by atoms with E-state index in [0.29, 0.717) is 28.8 Å². The predicted octanol–water partition coefficient (Wildman–Crippen LogP) is 3.97. The van der Waals surface area contributed by atoms with Crippen molar-refractivity contribution < 1.29 is 9.52 Å². The van der Waals surface area contributed by atoms with Gasteiger partial charge < -0.3 is 9.52 Å². The Morgan fingerprint density at radius 3 is 2.58 bits per heavy atom. The highest BCUT2D eigenvalue weighted by Gasteiger charge is 2.17. The molecule has 0 saturated carbocycles. The second-order valence-corrected chi connectivity index (χ2v) is 6.32. The summed E-state index contributed by atoms with van der Waals surface area (Å²) >= 11 is 3.41. The van der Waals surface area contributed by atoms with E-state index in [2.05, 4.69) is 25.9 Å². The van der Waals surface area contributed by atoms with Gasteiger partial charge in [-0.3, -0.25) is 4.40 Å². The van der Waals surface area contributed by atoms with E-state index >= 15 is 0 Å². The first-order valence-corrected chi connectivity index (χ1v) is 8.31. The average Bonchev–Trinajstić information content (AvgIpc) is 3.19. The van der Waals surface area contributed by atoms with E-state index < -0.39 is 0 Å². The van der Waals surface area contributed by atoms with Gasteiger partial charge in [0.25, 0.3) is 0 Å². The molecule has 120 valence electrons. The molecule has 1 N–H and O–H groups in total. The Hall–Kier alpha value is -2.60. The summed E-state index contributed by atoms with van der Waals surface area (Å²) in [6, 6.07) is 13.8. The van der Waals surface area contributed by atoms with Crippen molar-refractivity contribution >= 4 is 21.6 Å². The fraction of sp³-hybridized carbons (Fsp3) is 0.111. The summed E-state index contributed by atoms with van der Waals surface area (Å²) in [4.78, 5) is 9.14. The Kier molecular flexibility index (Phi) is 3.82. The normalized spacial score (nSPS) is 11.2. The lowest BCUT2D eigenvalue weighted by molar-refractivity contribution is 0.438. The van der Waals surface area contributed by atoms with Crippen molar-refractivity contribution in [2.24, 2.45) is 0 Å². The van der Waals surface area contributed by atoms with Crippen LogP contribution in [0.15, 0.2) is 63.9 Å². The molecule has 0 bridgehead atoms. The van der Waals surface area contributed by atoms with E-state index in [-0.39, 0.29) is 5.88 Å². The van der Waals surface area contributed by atoms with Gasteiger partial charge in [-0.05, 0) is 33.6 Å². The summed E-state index contributed by atoms with van der Waals surface area (Å²) in [6.07, 6.45) is 4.41. The molecule has 0 spiro atoms. The molecule has 0 fully saturated rings. The molecule has 0 aliphatic carbocycles. The number of fused-ring (bicyclic) bond motifs is 1. The Labute approximate surface area is 146 Å². The van der Waals surface area contributed by atoms with Gasteiger partial charge in [0, 0.05) is 12.6 Å². The van der Waals surface area contributed by atoms with Gasteiger partial charge in [-0.1, -0.05) is 30.3 Å². The largest absolute Gasteiger partial charge is 0.493 e. The second-order valence-electron chi connectivity index (χ2n) is 5.50. The number of hydrogen-bond acceptors (Lipinski definition) is 4. The molecular formula is C18H14BrN3O2. The average molecular weight is 384 g/mol. The van der Waals surface area contributed by atoms with Gasteiger partial charge >= 0.3 is 0 Å². The lowest BCUT2D eigenvalue weighted by atomic mass is 10.1. The first-order valence-electron chi connectivity index (χ1n) is 7.52. The lowest BCUT2D eigenvalue weighted by Gasteiger charge is -2.04. The maximum absolute atomic E-state index is 10.5. The third kappa shape index (κ3) is 2.80. The van der Waals surface area contributed by atoms with E-state index in [1.54, 1.807) is 16.9 Å². The van der Waals surface area contributed by atoms with Crippen LogP contribution in [0.1, 0.15) is 22.7 Å². The SMILES string of the molecule is Oc1c(Cc2ccco2)nc2c(Cc3ccccc3)nc(Br)cn12. The van der Waals surface area contributed by atoms with Gasteiger partial charge in [-0.2, -0.15) is 0 Å². The summed E-state index contributed by atoms with van der Waals surface area (Å²) in [5.41, 5.74) is 3.16. The standard InChI is InChI=1S/C18H14BrN3O2/c19-16-11-22-17(14(20-16)9-12-5-2-1-3-6-12)21-15(18(22)23)10-13-7-4-8-24-13/h1-8,11,23H,9-10H2. The molecule has 6 heteroatoms. The zero-order valence-electron chi connectivity index (χ0n) is 12.7. The van der Waals surface area contributed by atoms with Gasteiger partial charge in [0.15, 0.2) is 5.65 Å². The number of hydrogen-bond donors (Lipinski definition) is 1. The van der Waals surface area contributed by atoms with Gasteiger partial charge in [0.05, 0.1) is 18.4 Å². The van der Waals surface area contributed by atoms with Crippen LogP contribution in [0.4, 0.5) is 0 Å².